The highest BCUT2D eigenvalue weighted by Crippen LogP contribution is 2.24. The van der Waals surface area contributed by atoms with E-state index in [1.54, 1.807) is 12.1 Å². The second-order valence-corrected chi connectivity index (χ2v) is 5.07. The number of carbonyl (C=O) groups is 2. The second-order valence-electron chi connectivity index (χ2n) is 5.07. The summed E-state index contributed by atoms with van der Waals surface area (Å²) in [5.41, 5.74) is 11.6. The molecule has 1 aromatic rings. The molecular formula is C14H21N3O2. The van der Waals surface area contributed by atoms with Crippen LogP contribution in [0.3, 0.4) is 0 Å². The summed E-state index contributed by atoms with van der Waals surface area (Å²) in [5, 5.41) is 2.81. The van der Waals surface area contributed by atoms with Crippen molar-refractivity contribution in [3.05, 3.63) is 29.8 Å². The maximum absolute atomic E-state index is 12.1. The van der Waals surface area contributed by atoms with Gasteiger partial charge in [0.15, 0.2) is 0 Å². The van der Waals surface area contributed by atoms with Crippen LogP contribution in [0.2, 0.25) is 0 Å². The van der Waals surface area contributed by atoms with E-state index in [4.69, 9.17) is 11.5 Å². The molecule has 0 radical (unpaired) electrons. The van der Waals surface area contributed by atoms with E-state index in [-0.39, 0.29) is 18.2 Å². The Morgan fingerprint density at radius 3 is 2.32 bits per heavy atom. The Balaban J connectivity index is 2.58. The van der Waals surface area contributed by atoms with Crippen molar-refractivity contribution >= 4 is 17.5 Å². The van der Waals surface area contributed by atoms with Crippen LogP contribution in [0.1, 0.15) is 32.3 Å². The van der Waals surface area contributed by atoms with Crippen LogP contribution in [0.15, 0.2) is 24.3 Å². The van der Waals surface area contributed by atoms with E-state index in [9.17, 15) is 9.59 Å². The molecule has 0 unspecified atom stereocenters. The summed E-state index contributed by atoms with van der Waals surface area (Å²) in [7, 11) is 0. The maximum atomic E-state index is 12.1. The first-order valence-electron chi connectivity index (χ1n) is 6.26. The summed E-state index contributed by atoms with van der Waals surface area (Å²) in [4.78, 5) is 22.7. The fraction of sp³-hybridized carbons (Fsp3) is 0.429. The van der Waals surface area contributed by atoms with E-state index in [0.29, 0.717) is 18.7 Å². The Hall–Kier alpha value is -2.04. The number of hydrogen-bond donors (Lipinski definition) is 3. The topological polar surface area (TPSA) is 98.2 Å². The lowest BCUT2D eigenvalue weighted by Crippen LogP contribution is -2.40. The van der Waals surface area contributed by atoms with Crippen LogP contribution < -0.4 is 16.8 Å². The predicted octanol–water partition coefficient (Wildman–Crippen LogP) is 0.928. The third-order valence-corrected chi connectivity index (χ3v) is 3.09. The molecule has 2 amide bonds. The number of nitrogens with one attached hydrogen (secondary N) is 1. The van der Waals surface area contributed by atoms with E-state index in [1.807, 2.05) is 26.0 Å². The number of hydrogen-bond acceptors (Lipinski definition) is 3. The molecule has 0 aliphatic heterocycles. The van der Waals surface area contributed by atoms with Crippen LogP contribution in [0.25, 0.3) is 0 Å². The predicted molar refractivity (Wildman–Crippen MR) is 75.3 cm³/mol. The van der Waals surface area contributed by atoms with Gasteiger partial charge in [0.25, 0.3) is 0 Å². The van der Waals surface area contributed by atoms with Gasteiger partial charge in [-0.15, -0.1) is 0 Å². The van der Waals surface area contributed by atoms with Gasteiger partial charge in [0.2, 0.25) is 11.8 Å². The fourth-order valence-corrected chi connectivity index (χ4v) is 1.72. The Morgan fingerprint density at radius 1 is 1.21 bits per heavy atom. The first-order chi connectivity index (χ1) is 8.84. The Kier molecular flexibility index (Phi) is 4.92. The van der Waals surface area contributed by atoms with Gasteiger partial charge in [-0.1, -0.05) is 12.1 Å². The average Bonchev–Trinajstić information content (AvgIpc) is 2.34. The number of amides is 2. The van der Waals surface area contributed by atoms with Crippen molar-refractivity contribution in [1.29, 1.82) is 0 Å². The van der Waals surface area contributed by atoms with E-state index in [1.165, 1.54) is 0 Å². The van der Waals surface area contributed by atoms with E-state index in [2.05, 4.69) is 5.32 Å². The Bertz CT molecular complexity index is 452. The minimum absolute atomic E-state index is 0.0817. The van der Waals surface area contributed by atoms with Gasteiger partial charge >= 0.3 is 0 Å². The van der Waals surface area contributed by atoms with Crippen LogP contribution >= 0.6 is 0 Å². The number of rotatable bonds is 6. The molecule has 5 N–H and O–H groups in total. The van der Waals surface area contributed by atoms with Crippen LogP contribution in [0.4, 0.5) is 5.69 Å². The molecule has 0 saturated heterocycles. The van der Waals surface area contributed by atoms with Gasteiger partial charge in [-0.05, 0) is 38.0 Å². The zero-order valence-electron chi connectivity index (χ0n) is 11.4. The molecule has 0 heterocycles. The number of anilines is 1. The zero-order valence-corrected chi connectivity index (χ0v) is 11.4. The highest BCUT2D eigenvalue weighted by Gasteiger charge is 2.29. The lowest BCUT2D eigenvalue weighted by atomic mass is 9.83. The molecule has 0 fully saturated rings. The van der Waals surface area contributed by atoms with Crippen LogP contribution in [-0.2, 0) is 15.0 Å². The summed E-state index contributed by atoms with van der Waals surface area (Å²) < 4.78 is 0. The standard InChI is InChI=1S/C14H21N3O2/c1-14(2,10-5-7-11(15)8-6-10)13(19)17-9-3-4-12(16)18/h5-8H,3-4,9,15H2,1-2H3,(H2,16,18)(H,17,19). The summed E-state index contributed by atoms with van der Waals surface area (Å²) in [6.07, 6.45) is 0.835. The summed E-state index contributed by atoms with van der Waals surface area (Å²) in [6.45, 7) is 4.14. The summed E-state index contributed by atoms with van der Waals surface area (Å²) in [6, 6.07) is 7.24. The molecule has 0 saturated carbocycles. The minimum Gasteiger partial charge on any atom is -0.399 e. The molecule has 0 bridgehead atoms. The molecule has 5 heteroatoms. The number of primary amides is 1. The van der Waals surface area contributed by atoms with Crippen molar-refractivity contribution in [3.8, 4) is 0 Å². The molecule has 0 atom stereocenters. The van der Waals surface area contributed by atoms with Crippen molar-refractivity contribution in [3.63, 3.8) is 0 Å². The van der Waals surface area contributed by atoms with Crippen LogP contribution in [0.5, 0.6) is 0 Å². The van der Waals surface area contributed by atoms with Crippen molar-refractivity contribution in [2.24, 2.45) is 5.73 Å². The van der Waals surface area contributed by atoms with Gasteiger partial charge in [0.1, 0.15) is 0 Å². The molecule has 1 aromatic carbocycles. The van der Waals surface area contributed by atoms with Gasteiger partial charge < -0.3 is 16.8 Å². The fourth-order valence-electron chi connectivity index (χ4n) is 1.72. The van der Waals surface area contributed by atoms with Crippen molar-refractivity contribution in [2.75, 3.05) is 12.3 Å². The molecule has 104 valence electrons. The van der Waals surface area contributed by atoms with Gasteiger partial charge in [-0.3, -0.25) is 9.59 Å². The number of nitrogens with two attached hydrogens (primary N) is 2. The van der Waals surface area contributed by atoms with Crippen LogP contribution in [-0.4, -0.2) is 18.4 Å². The van der Waals surface area contributed by atoms with Crippen molar-refractivity contribution < 1.29 is 9.59 Å². The third kappa shape index (κ3) is 4.28. The van der Waals surface area contributed by atoms with Gasteiger partial charge in [0, 0.05) is 18.7 Å². The molecule has 0 aliphatic rings. The third-order valence-electron chi connectivity index (χ3n) is 3.09. The van der Waals surface area contributed by atoms with Crippen LogP contribution in [0, 0.1) is 0 Å². The van der Waals surface area contributed by atoms with Gasteiger partial charge in [-0.25, -0.2) is 0 Å². The Morgan fingerprint density at radius 2 is 1.79 bits per heavy atom. The number of nitrogen functional groups attached to an aromatic ring is 1. The normalized spacial score (nSPS) is 11.1. The molecule has 5 nitrogen and oxygen atoms in total. The summed E-state index contributed by atoms with van der Waals surface area (Å²) >= 11 is 0. The largest absolute Gasteiger partial charge is 0.399 e. The highest BCUT2D eigenvalue weighted by atomic mass is 16.2. The van der Waals surface area contributed by atoms with E-state index < -0.39 is 5.41 Å². The maximum Gasteiger partial charge on any atom is 0.230 e. The van der Waals surface area contributed by atoms with Gasteiger partial charge in [-0.2, -0.15) is 0 Å². The first kappa shape index (κ1) is 15.0. The second kappa shape index (κ2) is 6.22. The van der Waals surface area contributed by atoms with E-state index >= 15 is 0 Å². The zero-order chi connectivity index (χ0) is 14.5. The smallest absolute Gasteiger partial charge is 0.230 e. The molecule has 0 aromatic heterocycles. The average molecular weight is 263 g/mol. The molecule has 19 heavy (non-hydrogen) atoms. The van der Waals surface area contributed by atoms with Gasteiger partial charge in [0.05, 0.1) is 5.41 Å². The van der Waals surface area contributed by atoms with Crippen molar-refractivity contribution in [1.82, 2.24) is 5.32 Å². The number of carbonyl (C=O) groups excluding carboxylic acids is 2. The molecule has 1 rings (SSSR count). The van der Waals surface area contributed by atoms with E-state index in [0.717, 1.165) is 5.56 Å². The first-order valence-corrected chi connectivity index (χ1v) is 6.26. The monoisotopic (exact) mass is 263 g/mol. The lowest BCUT2D eigenvalue weighted by Gasteiger charge is -2.24. The minimum atomic E-state index is -0.638. The molecular weight excluding hydrogens is 242 g/mol. The summed E-state index contributed by atoms with van der Waals surface area (Å²) in [5.74, 6) is -0.436. The van der Waals surface area contributed by atoms with Crippen molar-refractivity contribution in [2.45, 2.75) is 32.1 Å². The molecule has 0 aliphatic carbocycles. The SMILES string of the molecule is CC(C)(C(=O)NCCCC(N)=O)c1ccc(N)cc1. The Labute approximate surface area is 113 Å². The molecule has 0 spiro atoms. The highest BCUT2D eigenvalue weighted by molar-refractivity contribution is 5.87. The lowest BCUT2D eigenvalue weighted by molar-refractivity contribution is -0.126. The quantitative estimate of drug-likeness (QED) is 0.526. The number of benzene rings is 1.